The minimum absolute atomic E-state index is 0.117. The first-order valence-corrected chi connectivity index (χ1v) is 5.98. The first-order chi connectivity index (χ1) is 9.40. The van der Waals surface area contributed by atoms with Crippen molar-refractivity contribution < 1.29 is 14.8 Å². The van der Waals surface area contributed by atoms with E-state index >= 15 is 0 Å². The van der Waals surface area contributed by atoms with Gasteiger partial charge in [-0.3, -0.25) is 10.1 Å². The lowest BCUT2D eigenvalue weighted by molar-refractivity contribution is -0.384. The van der Waals surface area contributed by atoms with E-state index in [-0.39, 0.29) is 24.0 Å². The monoisotopic (exact) mass is 278 g/mol. The fraction of sp³-hybridized carbons (Fsp3) is 0.333. The molecule has 0 aliphatic rings. The fourth-order valence-corrected chi connectivity index (χ4v) is 2.00. The van der Waals surface area contributed by atoms with Crippen LogP contribution < -0.4 is 0 Å². The minimum atomic E-state index is -1.20. The number of rotatable bonds is 5. The highest BCUT2D eigenvalue weighted by Crippen LogP contribution is 2.19. The standard InChI is InChI=1S/C12H14N4O4/c1-8(2)15-7-13-4-10(15)6-14-5-9(16(19)20)3-11(14)12(17)18/h3-5,7-8H,6H2,1-2H3,(H,17,18). The minimum Gasteiger partial charge on any atom is -0.477 e. The molecule has 1 N–H and O–H groups in total. The van der Waals surface area contributed by atoms with E-state index in [1.165, 1.54) is 10.8 Å². The summed E-state index contributed by atoms with van der Waals surface area (Å²) in [5, 5.41) is 19.9. The van der Waals surface area contributed by atoms with Crippen molar-refractivity contribution in [2.75, 3.05) is 0 Å². The van der Waals surface area contributed by atoms with Gasteiger partial charge in [0, 0.05) is 18.3 Å². The summed E-state index contributed by atoms with van der Waals surface area (Å²) in [7, 11) is 0. The van der Waals surface area contributed by atoms with E-state index in [2.05, 4.69) is 4.98 Å². The van der Waals surface area contributed by atoms with Crippen LogP contribution >= 0.6 is 0 Å². The zero-order valence-corrected chi connectivity index (χ0v) is 11.1. The van der Waals surface area contributed by atoms with Crippen LogP contribution in [0.15, 0.2) is 24.8 Å². The second-order valence-corrected chi connectivity index (χ2v) is 4.66. The molecule has 0 bridgehead atoms. The molecule has 106 valence electrons. The molecule has 0 radical (unpaired) electrons. The summed E-state index contributed by atoms with van der Waals surface area (Å²) in [4.78, 5) is 25.3. The average molecular weight is 278 g/mol. The Bertz CT molecular complexity index is 656. The molecule has 0 aliphatic heterocycles. The van der Waals surface area contributed by atoms with Gasteiger partial charge < -0.3 is 14.2 Å². The third-order valence-electron chi connectivity index (χ3n) is 2.95. The zero-order chi connectivity index (χ0) is 14.9. The second kappa shape index (κ2) is 5.16. The summed E-state index contributed by atoms with van der Waals surface area (Å²) in [5.41, 5.74) is 0.430. The number of carbonyl (C=O) groups is 1. The summed E-state index contributed by atoms with van der Waals surface area (Å²) in [6.45, 7) is 4.16. The Morgan fingerprint density at radius 1 is 1.55 bits per heavy atom. The van der Waals surface area contributed by atoms with Crippen LogP contribution in [0.25, 0.3) is 0 Å². The summed E-state index contributed by atoms with van der Waals surface area (Å²) < 4.78 is 3.23. The van der Waals surface area contributed by atoms with Crippen LogP contribution in [0.1, 0.15) is 36.1 Å². The summed E-state index contributed by atoms with van der Waals surface area (Å²) in [5.74, 6) is -1.20. The van der Waals surface area contributed by atoms with Crippen LogP contribution in [0.2, 0.25) is 0 Å². The van der Waals surface area contributed by atoms with Crippen LogP contribution in [-0.2, 0) is 6.54 Å². The van der Waals surface area contributed by atoms with Gasteiger partial charge in [0.2, 0.25) is 0 Å². The van der Waals surface area contributed by atoms with Gasteiger partial charge in [-0.05, 0) is 13.8 Å². The molecule has 0 saturated carbocycles. The number of aromatic nitrogens is 3. The number of imidazole rings is 1. The number of nitro groups is 1. The Hall–Kier alpha value is -2.64. The van der Waals surface area contributed by atoms with Gasteiger partial charge >= 0.3 is 5.97 Å². The van der Waals surface area contributed by atoms with Crippen molar-refractivity contribution in [2.24, 2.45) is 0 Å². The van der Waals surface area contributed by atoms with Gasteiger partial charge in [-0.2, -0.15) is 0 Å². The molecule has 0 unspecified atom stereocenters. The van der Waals surface area contributed by atoms with Crippen LogP contribution in [-0.4, -0.2) is 30.1 Å². The smallest absolute Gasteiger partial charge is 0.352 e. The summed E-state index contributed by atoms with van der Waals surface area (Å²) in [6.07, 6.45) is 4.50. The molecule has 2 heterocycles. The number of carboxylic acids is 1. The molecule has 0 atom stereocenters. The van der Waals surface area contributed by atoms with Crippen molar-refractivity contribution >= 4 is 11.7 Å². The molecule has 8 nitrogen and oxygen atoms in total. The van der Waals surface area contributed by atoms with E-state index < -0.39 is 10.9 Å². The quantitative estimate of drug-likeness (QED) is 0.664. The van der Waals surface area contributed by atoms with Gasteiger partial charge in [-0.25, -0.2) is 9.78 Å². The second-order valence-electron chi connectivity index (χ2n) is 4.66. The topological polar surface area (TPSA) is 103 Å². The van der Waals surface area contributed by atoms with Crippen LogP contribution in [0.5, 0.6) is 0 Å². The van der Waals surface area contributed by atoms with Gasteiger partial charge in [0.25, 0.3) is 5.69 Å². The first-order valence-electron chi connectivity index (χ1n) is 5.98. The molecule has 2 aromatic heterocycles. The molecular formula is C12H14N4O4. The van der Waals surface area contributed by atoms with Crippen molar-refractivity contribution in [3.8, 4) is 0 Å². The molecule has 2 rings (SSSR count). The third kappa shape index (κ3) is 2.53. The van der Waals surface area contributed by atoms with Crippen molar-refractivity contribution in [3.63, 3.8) is 0 Å². The number of aromatic carboxylic acids is 1. The maximum Gasteiger partial charge on any atom is 0.352 e. The van der Waals surface area contributed by atoms with Crippen molar-refractivity contribution in [1.29, 1.82) is 0 Å². The summed E-state index contributed by atoms with van der Waals surface area (Å²) >= 11 is 0. The Morgan fingerprint density at radius 2 is 2.25 bits per heavy atom. The van der Waals surface area contributed by atoms with E-state index in [9.17, 15) is 14.9 Å². The molecule has 0 fully saturated rings. The predicted octanol–water partition coefficient (Wildman–Crippen LogP) is 1.92. The molecule has 8 heteroatoms. The highest BCUT2D eigenvalue weighted by molar-refractivity contribution is 5.86. The van der Waals surface area contributed by atoms with Crippen LogP contribution in [0.4, 0.5) is 5.69 Å². The lowest BCUT2D eigenvalue weighted by atomic mass is 10.3. The maximum absolute atomic E-state index is 11.1. The normalized spacial score (nSPS) is 10.9. The highest BCUT2D eigenvalue weighted by Gasteiger charge is 2.19. The van der Waals surface area contributed by atoms with Crippen molar-refractivity contribution in [1.82, 2.24) is 14.1 Å². The van der Waals surface area contributed by atoms with E-state index in [4.69, 9.17) is 5.11 Å². The van der Waals surface area contributed by atoms with E-state index in [1.807, 2.05) is 18.4 Å². The van der Waals surface area contributed by atoms with Gasteiger partial charge in [-0.1, -0.05) is 0 Å². The first kappa shape index (κ1) is 13.8. The Morgan fingerprint density at radius 3 is 2.80 bits per heavy atom. The molecule has 0 saturated heterocycles. The van der Waals surface area contributed by atoms with Crippen molar-refractivity contribution in [3.05, 3.63) is 46.3 Å². The lowest BCUT2D eigenvalue weighted by Gasteiger charge is -2.12. The van der Waals surface area contributed by atoms with E-state index in [0.29, 0.717) is 0 Å². The van der Waals surface area contributed by atoms with E-state index in [1.54, 1.807) is 12.5 Å². The fourth-order valence-electron chi connectivity index (χ4n) is 2.00. The lowest BCUT2D eigenvalue weighted by Crippen LogP contribution is -2.12. The van der Waals surface area contributed by atoms with Crippen LogP contribution in [0, 0.1) is 10.1 Å². The largest absolute Gasteiger partial charge is 0.477 e. The molecule has 2 aromatic rings. The SMILES string of the molecule is CC(C)n1cncc1Cn1cc([N+](=O)[O-])cc1C(=O)O. The number of hydrogen-bond donors (Lipinski definition) is 1. The summed E-state index contributed by atoms with van der Waals surface area (Å²) in [6, 6.07) is 1.23. The third-order valence-corrected chi connectivity index (χ3v) is 2.95. The number of nitrogens with zero attached hydrogens (tertiary/aromatic N) is 4. The average Bonchev–Trinajstić information content (AvgIpc) is 2.95. The van der Waals surface area contributed by atoms with Gasteiger partial charge in [0.1, 0.15) is 5.69 Å². The maximum atomic E-state index is 11.1. The predicted molar refractivity (Wildman–Crippen MR) is 69.8 cm³/mol. The van der Waals surface area contributed by atoms with Crippen molar-refractivity contribution in [2.45, 2.75) is 26.4 Å². The molecule has 0 aliphatic carbocycles. The van der Waals surface area contributed by atoms with Crippen LogP contribution in [0.3, 0.4) is 0 Å². The van der Waals surface area contributed by atoms with Gasteiger partial charge in [-0.15, -0.1) is 0 Å². The van der Waals surface area contributed by atoms with E-state index in [0.717, 1.165) is 11.8 Å². The Balaban J connectivity index is 2.39. The molecule has 20 heavy (non-hydrogen) atoms. The highest BCUT2D eigenvalue weighted by atomic mass is 16.6. The Labute approximate surface area is 114 Å². The number of carboxylic acid groups (broad SMARTS) is 1. The van der Waals surface area contributed by atoms with Gasteiger partial charge in [0.15, 0.2) is 0 Å². The molecule has 0 spiro atoms. The molecule has 0 amide bonds. The Kier molecular flexibility index (Phi) is 3.55. The van der Waals surface area contributed by atoms with Gasteiger partial charge in [0.05, 0.1) is 29.7 Å². The zero-order valence-electron chi connectivity index (χ0n) is 11.1. The molecular weight excluding hydrogens is 264 g/mol. The molecule has 0 aromatic carbocycles. The number of hydrogen-bond acceptors (Lipinski definition) is 4.